The summed E-state index contributed by atoms with van der Waals surface area (Å²) >= 11 is 7.53. The molecule has 3 aromatic rings. The number of halogens is 2. The molecular weight excluding hydrogens is 463 g/mol. The van der Waals surface area contributed by atoms with Gasteiger partial charge in [0, 0.05) is 34.0 Å². The highest BCUT2D eigenvalue weighted by molar-refractivity contribution is 8.01. The summed E-state index contributed by atoms with van der Waals surface area (Å²) in [5, 5.41) is 0.447. The molecular formula is C25H20ClFN2O3S. The molecule has 168 valence electrons. The van der Waals surface area contributed by atoms with Crippen LogP contribution in [-0.4, -0.2) is 36.1 Å². The SMILES string of the molecule is COc1ccc2c(c1)[C@]1(SCCN1C(=O)c1cccc(Cl)c1)C(=O)N2Cc1ccccc1F. The van der Waals surface area contributed by atoms with E-state index in [9.17, 15) is 14.0 Å². The van der Waals surface area contributed by atoms with E-state index in [2.05, 4.69) is 0 Å². The van der Waals surface area contributed by atoms with Crippen molar-refractivity contribution < 1.29 is 18.7 Å². The molecule has 8 heteroatoms. The largest absolute Gasteiger partial charge is 0.497 e. The molecule has 0 N–H and O–H groups in total. The summed E-state index contributed by atoms with van der Waals surface area (Å²) in [5.41, 5.74) is 2.12. The summed E-state index contributed by atoms with van der Waals surface area (Å²) in [4.78, 5) is 29.5. The molecule has 1 spiro atoms. The lowest BCUT2D eigenvalue weighted by Crippen LogP contribution is -2.50. The average molecular weight is 483 g/mol. The van der Waals surface area contributed by atoms with Crippen molar-refractivity contribution >= 4 is 40.9 Å². The van der Waals surface area contributed by atoms with Gasteiger partial charge in [-0.1, -0.05) is 35.9 Å². The number of benzene rings is 3. The van der Waals surface area contributed by atoms with Crippen LogP contribution in [0.15, 0.2) is 66.7 Å². The number of hydrogen-bond donors (Lipinski definition) is 0. The van der Waals surface area contributed by atoms with Crippen molar-refractivity contribution in [2.24, 2.45) is 0 Å². The van der Waals surface area contributed by atoms with Crippen LogP contribution >= 0.6 is 23.4 Å². The average Bonchev–Trinajstić information content (AvgIpc) is 3.36. The molecule has 2 heterocycles. The molecule has 0 aromatic heterocycles. The van der Waals surface area contributed by atoms with Gasteiger partial charge in [-0.2, -0.15) is 0 Å². The molecule has 5 rings (SSSR count). The topological polar surface area (TPSA) is 49.9 Å². The van der Waals surface area contributed by atoms with Gasteiger partial charge >= 0.3 is 0 Å². The third kappa shape index (κ3) is 3.47. The molecule has 1 fully saturated rings. The smallest absolute Gasteiger partial charge is 0.268 e. The number of thioether (sulfide) groups is 1. The Morgan fingerprint density at radius 3 is 2.73 bits per heavy atom. The van der Waals surface area contributed by atoms with Crippen LogP contribution in [0.25, 0.3) is 0 Å². The van der Waals surface area contributed by atoms with Crippen LogP contribution in [0.5, 0.6) is 5.75 Å². The van der Waals surface area contributed by atoms with Crippen LogP contribution in [0.3, 0.4) is 0 Å². The van der Waals surface area contributed by atoms with E-state index in [0.29, 0.717) is 45.4 Å². The third-order valence-electron chi connectivity index (χ3n) is 6.00. The maximum atomic E-state index is 14.5. The first kappa shape index (κ1) is 21.8. The molecule has 2 aliphatic heterocycles. The molecule has 0 saturated carbocycles. The quantitative estimate of drug-likeness (QED) is 0.520. The first-order valence-corrected chi connectivity index (χ1v) is 11.8. The summed E-state index contributed by atoms with van der Waals surface area (Å²) in [7, 11) is 1.55. The maximum absolute atomic E-state index is 14.5. The highest BCUT2D eigenvalue weighted by atomic mass is 35.5. The molecule has 2 aliphatic rings. The normalized spacial score (nSPS) is 19.3. The van der Waals surface area contributed by atoms with E-state index in [1.54, 1.807) is 77.6 Å². The predicted molar refractivity (Wildman–Crippen MR) is 127 cm³/mol. The summed E-state index contributed by atoms with van der Waals surface area (Å²) < 4.78 is 19.9. The van der Waals surface area contributed by atoms with Crippen LogP contribution in [0.4, 0.5) is 10.1 Å². The second kappa shape index (κ2) is 8.39. The van der Waals surface area contributed by atoms with Gasteiger partial charge in [-0.05, 0) is 42.5 Å². The van der Waals surface area contributed by atoms with E-state index in [1.165, 1.54) is 17.8 Å². The fourth-order valence-electron chi connectivity index (χ4n) is 4.45. The van der Waals surface area contributed by atoms with Crippen molar-refractivity contribution in [3.63, 3.8) is 0 Å². The molecule has 2 amide bonds. The summed E-state index contributed by atoms with van der Waals surface area (Å²) in [5.74, 6) is 0.232. The fraction of sp³-hybridized carbons (Fsp3) is 0.200. The molecule has 1 atom stereocenters. The van der Waals surface area contributed by atoms with Crippen molar-refractivity contribution in [3.05, 3.63) is 94.3 Å². The van der Waals surface area contributed by atoms with Crippen LogP contribution in [0, 0.1) is 5.82 Å². The number of anilines is 1. The van der Waals surface area contributed by atoms with E-state index in [4.69, 9.17) is 16.3 Å². The fourth-order valence-corrected chi connectivity index (χ4v) is 6.09. The number of fused-ring (bicyclic) bond motifs is 2. The monoisotopic (exact) mass is 482 g/mol. The van der Waals surface area contributed by atoms with Gasteiger partial charge in [0.05, 0.1) is 19.3 Å². The molecule has 3 aromatic carbocycles. The number of carbonyl (C=O) groups excluding carboxylic acids is 2. The minimum absolute atomic E-state index is 0.0618. The zero-order valence-electron chi connectivity index (χ0n) is 17.8. The van der Waals surface area contributed by atoms with Gasteiger partial charge in [-0.3, -0.25) is 9.59 Å². The number of nitrogens with zero attached hydrogens (tertiary/aromatic N) is 2. The highest BCUT2D eigenvalue weighted by Gasteiger charge is 2.59. The van der Waals surface area contributed by atoms with Gasteiger partial charge in [0.25, 0.3) is 11.8 Å². The van der Waals surface area contributed by atoms with E-state index >= 15 is 0 Å². The van der Waals surface area contributed by atoms with Crippen LogP contribution in [0.1, 0.15) is 21.5 Å². The van der Waals surface area contributed by atoms with Crippen molar-refractivity contribution in [1.82, 2.24) is 4.90 Å². The van der Waals surface area contributed by atoms with Crippen molar-refractivity contribution in [3.8, 4) is 5.75 Å². The lowest BCUT2D eigenvalue weighted by molar-refractivity contribution is -0.123. The number of methoxy groups -OCH3 is 1. The molecule has 33 heavy (non-hydrogen) atoms. The Balaban J connectivity index is 1.63. The summed E-state index contributed by atoms with van der Waals surface area (Å²) in [6, 6.07) is 18.4. The lowest BCUT2D eigenvalue weighted by atomic mass is 10.0. The number of ether oxygens (including phenoxy) is 1. The van der Waals surface area contributed by atoms with Gasteiger partial charge in [0.15, 0.2) is 4.87 Å². The van der Waals surface area contributed by atoms with Gasteiger partial charge < -0.3 is 14.5 Å². The minimum Gasteiger partial charge on any atom is -0.497 e. The predicted octanol–water partition coefficient (Wildman–Crippen LogP) is 5.08. The number of rotatable bonds is 4. The zero-order valence-corrected chi connectivity index (χ0v) is 19.3. The highest BCUT2D eigenvalue weighted by Crippen LogP contribution is 2.55. The standard InChI is InChI=1S/C25H20ClFN2O3S/c1-32-19-9-10-22-20(14-19)25(24(31)28(22)15-17-5-2-3-8-21(17)27)29(11-12-33-25)23(30)16-6-4-7-18(26)13-16/h2-10,13-14H,11-12,15H2,1H3/t25-/m0/s1. The third-order valence-corrected chi connectivity index (χ3v) is 7.66. The summed E-state index contributed by atoms with van der Waals surface area (Å²) in [6.07, 6.45) is 0. The van der Waals surface area contributed by atoms with E-state index in [-0.39, 0.29) is 24.2 Å². The van der Waals surface area contributed by atoms with Crippen LogP contribution in [-0.2, 0) is 16.2 Å². The summed E-state index contributed by atoms with van der Waals surface area (Å²) in [6.45, 7) is 0.457. The van der Waals surface area contributed by atoms with Gasteiger partial charge in [0.2, 0.25) is 0 Å². The number of hydrogen-bond acceptors (Lipinski definition) is 4. The molecule has 0 unspecified atom stereocenters. The minimum atomic E-state index is -1.26. The Kier molecular flexibility index (Phi) is 5.54. The van der Waals surface area contributed by atoms with Crippen LogP contribution < -0.4 is 9.64 Å². The second-order valence-electron chi connectivity index (χ2n) is 7.83. The van der Waals surface area contributed by atoms with Crippen LogP contribution in [0.2, 0.25) is 5.02 Å². The molecule has 0 aliphatic carbocycles. The molecule has 5 nitrogen and oxygen atoms in total. The van der Waals surface area contributed by atoms with E-state index < -0.39 is 4.87 Å². The maximum Gasteiger partial charge on any atom is 0.268 e. The Morgan fingerprint density at radius 1 is 1.15 bits per heavy atom. The Hall–Kier alpha value is -3.03. The molecule has 1 saturated heterocycles. The number of amides is 2. The van der Waals surface area contributed by atoms with Gasteiger partial charge in [0.1, 0.15) is 11.6 Å². The Morgan fingerprint density at radius 2 is 1.97 bits per heavy atom. The van der Waals surface area contributed by atoms with Gasteiger partial charge in [-0.15, -0.1) is 11.8 Å². The van der Waals surface area contributed by atoms with Crippen molar-refractivity contribution in [2.75, 3.05) is 24.3 Å². The van der Waals surface area contributed by atoms with Gasteiger partial charge in [-0.25, -0.2) is 4.39 Å². The molecule has 0 radical (unpaired) electrons. The van der Waals surface area contributed by atoms with Crippen molar-refractivity contribution in [1.29, 1.82) is 0 Å². The Bertz CT molecular complexity index is 1270. The van der Waals surface area contributed by atoms with E-state index in [1.807, 2.05) is 0 Å². The Labute approximate surface area is 200 Å². The number of carbonyl (C=O) groups is 2. The zero-order chi connectivity index (χ0) is 23.2. The first-order chi connectivity index (χ1) is 16.0. The first-order valence-electron chi connectivity index (χ1n) is 10.4. The molecule has 0 bridgehead atoms. The lowest BCUT2D eigenvalue weighted by Gasteiger charge is -2.33. The van der Waals surface area contributed by atoms with Crippen molar-refractivity contribution in [2.45, 2.75) is 11.4 Å². The second-order valence-corrected chi connectivity index (χ2v) is 9.55. The van der Waals surface area contributed by atoms with E-state index in [0.717, 1.165) is 0 Å².